The number of hydrogen-bond acceptors (Lipinski definition) is 6. The topological polar surface area (TPSA) is 86.7 Å². The Labute approximate surface area is 154 Å². The Morgan fingerprint density at radius 2 is 1.92 bits per heavy atom. The molecule has 0 bridgehead atoms. The van der Waals surface area contributed by atoms with Gasteiger partial charge in [0.05, 0.1) is 26.2 Å². The summed E-state index contributed by atoms with van der Waals surface area (Å²) in [5.74, 6) is 1.99. The van der Waals surface area contributed by atoms with Gasteiger partial charge in [-0.3, -0.25) is 9.36 Å². The number of para-hydroxylation sites is 1. The number of aliphatic carboxylic acids is 1. The number of methoxy groups -OCH3 is 2. The van der Waals surface area contributed by atoms with E-state index in [2.05, 4.69) is 4.98 Å². The van der Waals surface area contributed by atoms with Crippen molar-refractivity contribution in [2.75, 3.05) is 20.0 Å². The Kier molecular flexibility index (Phi) is 5.22. The average Bonchev–Trinajstić information content (AvgIpc) is 3.24. The van der Waals surface area contributed by atoms with Crippen molar-refractivity contribution in [2.24, 2.45) is 0 Å². The van der Waals surface area contributed by atoms with E-state index in [9.17, 15) is 4.79 Å². The molecular weight excluding hydrogens is 356 g/mol. The van der Waals surface area contributed by atoms with Crippen LogP contribution < -0.4 is 9.47 Å². The van der Waals surface area contributed by atoms with Gasteiger partial charge in [0.1, 0.15) is 28.0 Å². The maximum Gasteiger partial charge on any atom is 0.313 e. The minimum atomic E-state index is -0.912. The summed E-state index contributed by atoms with van der Waals surface area (Å²) in [6.45, 7) is 1.85. The Hall–Kier alpha value is -2.87. The quantitative estimate of drug-likeness (QED) is 0.632. The van der Waals surface area contributed by atoms with Gasteiger partial charge in [-0.25, -0.2) is 4.98 Å². The smallest absolute Gasteiger partial charge is 0.313 e. The number of carbonyl (C=O) groups is 1. The lowest BCUT2D eigenvalue weighted by Gasteiger charge is -2.17. The zero-order chi connectivity index (χ0) is 18.7. The van der Waals surface area contributed by atoms with Gasteiger partial charge in [-0.2, -0.15) is 0 Å². The van der Waals surface area contributed by atoms with Gasteiger partial charge >= 0.3 is 5.97 Å². The Balaban J connectivity index is 2.24. The molecule has 0 saturated carbocycles. The molecule has 8 heteroatoms. The summed E-state index contributed by atoms with van der Waals surface area (Å²) in [5.41, 5.74) is 0.631. The van der Waals surface area contributed by atoms with Gasteiger partial charge in [0.2, 0.25) is 0 Å². The first kappa shape index (κ1) is 17.9. The van der Waals surface area contributed by atoms with Crippen LogP contribution in [0.15, 0.2) is 46.0 Å². The molecule has 26 heavy (non-hydrogen) atoms. The molecule has 136 valence electrons. The predicted octanol–water partition coefficient (Wildman–Crippen LogP) is 3.63. The number of nitrogens with zero attached hydrogens (tertiary/aromatic N) is 2. The van der Waals surface area contributed by atoms with Crippen molar-refractivity contribution in [2.45, 2.75) is 11.9 Å². The van der Waals surface area contributed by atoms with Crippen molar-refractivity contribution in [1.29, 1.82) is 0 Å². The van der Waals surface area contributed by atoms with Gasteiger partial charge in [0.25, 0.3) is 0 Å². The maximum absolute atomic E-state index is 11.0. The van der Waals surface area contributed by atoms with Crippen LogP contribution in [-0.4, -0.2) is 40.6 Å². The molecule has 0 fully saturated rings. The number of hydrogen-bond donors (Lipinski definition) is 1. The monoisotopic (exact) mass is 374 g/mol. The second-order valence-electron chi connectivity index (χ2n) is 5.36. The molecule has 0 spiro atoms. The van der Waals surface area contributed by atoms with Crippen molar-refractivity contribution >= 4 is 17.7 Å². The van der Waals surface area contributed by atoms with Crippen LogP contribution in [0, 0.1) is 6.92 Å². The van der Waals surface area contributed by atoms with Gasteiger partial charge in [0, 0.05) is 0 Å². The number of rotatable bonds is 7. The molecular formula is C18H18N2O5S. The standard InChI is InChI=1S/C18H18N2O5S/c1-11-7-8-14(25-11)18-19-9-15(26-10-16(21)22)20(18)17-12(23-2)5-4-6-13(17)24-3/h4-9H,10H2,1-3H3,(H,21,22). The zero-order valence-corrected chi connectivity index (χ0v) is 15.4. The van der Waals surface area contributed by atoms with Crippen molar-refractivity contribution in [3.05, 3.63) is 42.3 Å². The van der Waals surface area contributed by atoms with Gasteiger partial charge < -0.3 is 19.0 Å². The molecule has 1 N–H and O–H groups in total. The molecule has 0 aliphatic carbocycles. The van der Waals surface area contributed by atoms with E-state index in [0.29, 0.717) is 33.8 Å². The summed E-state index contributed by atoms with van der Waals surface area (Å²) in [6, 6.07) is 9.10. The summed E-state index contributed by atoms with van der Waals surface area (Å²) in [7, 11) is 3.13. The second-order valence-corrected chi connectivity index (χ2v) is 6.35. The highest BCUT2D eigenvalue weighted by Gasteiger charge is 2.23. The van der Waals surface area contributed by atoms with E-state index in [1.807, 2.05) is 25.1 Å². The molecule has 0 unspecified atom stereocenters. The number of imidazole rings is 1. The summed E-state index contributed by atoms with van der Waals surface area (Å²) in [4.78, 5) is 15.5. The van der Waals surface area contributed by atoms with Gasteiger partial charge in [-0.1, -0.05) is 17.8 Å². The molecule has 0 aliphatic rings. The van der Waals surface area contributed by atoms with Crippen molar-refractivity contribution in [3.63, 3.8) is 0 Å². The number of carboxylic acids is 1. The third-order valence-corrected chi connectivity index (χ3v) is 4.63. The minimum Gasteiger partial charge on any atom is -0.494 e. The molecule has 1 aromatic carbocycles. The van der Waals surface area contributed by atoms with E-state index in [-0.39, 0.29) is 5.75 Å². The van der Waals surface area contributed by atoms with E-state index in [1.54, 1.807) is 37.1 Å². The molecule has 0 aliphatic heterocycles. The lowest BCUT2D eigenvalue weighted by atomic mass is 10.2. The van der Waals surface area contributed by atoms with Crippen molar-refractivity contribution in [1.82, 2.24) is 9.55 Å². The minimum absolute atomic E-state index is 0.0974. The molecule has 7 nitrogen and oxygen atoms in total. The normalized spacial score (nSPS) is 10.7. The van der Waals surface area contributed by atoms with Crippen LogP contribution in [0.1, 0.15) is 5.76 Å². The first-order valence-corrected chi connectivity index (χ1v) is 8.74. The summed E-state index contributed by atoms with van der Waals surface area (Å²) in [5, 5.41) is 9.68. The van der Waals surface area contributed by atoms with E-state index >= 15 is 0 Å². The average molecular weight is 374 g/mol. The second kappa shape index (κ2) is 7.57. The van der Waals surface area contributed by atoms with Crippen LogP contribution in [0.4, 0.5) is 0 Å². The first-order valence-electron chi connectivity index (χ1n) is 7.75. The lowest BCUT2D eigenvalue weighted by Crippen LogP contribution is -2.06. The molecule has 3 aromatic rings. The number of carboxylic acid groups (broad SMARTS) is 1. The number of furan rings is 1. The molecule has 2 heterocycles. The molecule has 0 saturated heterocycles. The van der Waals surface area contributed by atoms with E-state index in [4.69, 9.17) is 19.0 Å². The SMILES string of the molecule is COc1cccc(OC)c1-n1c(SCC(=O)O)cnc1-c1ccc(C)o1. The highest BCUT2D eigenvalue weighted by atomic mass is 32.2. The fraction of sp³-hybridized carbons (Fsp3) is 0.222. The molecule has 0 radical (unpaired) electrons. The maximum atomic E-state index is 11.0. The molecule has 0 amide bonds. The fourth-order valence-corrected chi connectivity index (χ4v) is 3.28. The summed E-state index contributed by atoms with van der Waals surface area (Å²) in [6.07, 6.45) is 1.62. The van der Waals surface area contributed by atoms with Gasteiger partial charge in [-0.15, -0.1) is 0 Å². The third-order valence-electron chi connectivity index (χ3n) is 3.66. The van der Waals surface area contributed by atoms with Crippen LogP contribution in [0.5, 0.6) is 11.5 Å². The van der Waals surface area contributed by atoms with E-state index in [0.717, 1.165) is 17.5 Å². The van der Waals surface area contributed by atoms with Crippen LogP contribution >= 0.6 is 11.8 Å². The number of aryl methyl sites for hydroxylation is 1. The third kappa shape index (κ3) is 3.41. The van der Waals surface area contributed by atoms with Crippen LogP contribution in [0.3, 0.4) is 0 Å². The fourth-order valence-electron chi connectivity index (χ4n) is 2.57. The van der Waals surface area contributed by atoms with Crippen LogP contribution in [0.2, 0.25) is 0 Å². The largest absolute Gasteiger partial charge is 0.494 e. The number of ether oxygens (including phenoxy) is 2. The Morgan fingerprint density at radius 3 is 2.46 bits per heavy atom. The first-order chi connectivity index (χ1) is 12.5. The van der Waals surface area contributed by atoms with Gasteiger partial charge in [-0.05, 0) is 31.2 Å². The number of thioether (sulfide) groups is 1. The Morgan fingerprint density at radius 1 is 1.23 bits per heavy atom. The predicted molar refractivity (Wildman–Crippen MR) is 97.5 cm³/mol. The van der Waals surface area contributed by atoms with Crippen molar-refractivity contribution in [3.8, 4) is 28.8 Å². The van der Waals surface area contributed by atoms with Gasteiger partial charge in [0.15, 0.2) is 11.6 Å². The number of benzene rings is 1. The van der Waals surface area contributed by atoms with Crippen molar-refractivity contribution < 1.29 is 23.8 Å². The molecule has 2 aromatic heterocycles. The van der Waals surface area contributed by atoms with E-state index in [1.165, 1.54) is 0 Å². The summed E-state index contributed by atoms with van der Waals surface area (Å²) >= 11 is 1.16. The Bertz CT molecular complexity index is 909. The molecule has 3 rings (SSSR count). The highest BCUT2D eigenvalue weighted by Crippen LogP contribution is 2.39. The highest BCUT2D eigenvalue weighted by molar-refractivity contribution is 7.99. The molecule has 0 atom stereocenters. The zero-order valence-electron chi connectivity index (χ0n) is 14.6. The number of aromatic nitrogens is 2. The lowest BCUT2D eigenvalue weighted by molar-refractivity contribution is -0.133. The summed E-state index contributed by atoms with van der Waals surface area (Å²) < 4.78 is 18.5. The van der Waals surface area contributed by atoms with Crippen LogP contribution in [0.25, 0.3) is 17.3 Å². The van der Waals surface area contributed by atoms with Crippen LogP contribution in [-0.2, 0) is 4.79 Å². The van der Waals surface area contributed by atoms with E-state index < -0.39 is 5.97 Å².